The number of fused-ring (bicyclic) bond motifs is 1. The van der Waals surface area contributed by atoms with Crippen molar-refractivity contribution in [2.75, 3.05) is 0 Å². The van der Waals surface area contributed by atoms with E-state index < -0.39 is 13.3 Å². The maximum atomic E-state index is 10.6. The Labute approximate surface area is 96.4 Å². The van der Waals surface area contributed by atoms with Gasteiger partial charge in [-0.15, -0.1) is 11.3 Å². The molecule has 0 fully saturated rings. The lowest BCUT2D eigenvalue weighted by Gasteiger charge is -2.33. The van der Waals surface area contributed by atoms with Crippen LogP contribution in [0, 0.1) is 0 Å². The van der Waals surface area contributed by atoms with Crippen LogP contribution in [0.2, 0.25) is 19.6 Å². The number of aryl methyl sites for hydroxylation is 2. The van der Waals surface area contributed by atoms with Gasteiger partial charge in [0, 0.05) is 4.88 Å². The summed E-state index contributed by atoms with van der Waals surface area (Å²) in [4.78, 5) is 6.04. The Bertz CT molecular complexity index is 357. The van der Waals surface area contributed by atoms with Crippen LogP contribution in [0.1, 0.15) is 28.9 Å². The lowest BCUT2D eigenvalue weighted by molar-refractivity contribution is 0.135. The summed E-state index contributed by atoms with van der Waals surface area (Å²) in [6, 6.07) is 0. The second kappa shape index (κ2) is 3.40. The molecule has 1 aromatic heterocycles. The van der Waals surface area contributed by atoms with Gasteiger partial charge in [-0.1, -0.05) is 19.6 Å². The first-order valence-electron chi connectivity index (χ1n) is 5.54. The molecule has 84 valence electrons. The van der Waals surface area contributed by atoms with Gasteiger partial charge in [0.2, 0.25) is 0 Å². The molecule has 0 amide bonds. The summed E-state index contributed by atoms with van der Waals surface area (Å²) in [6.07, 6.45) is 3.51. The molecule has 1 aliphatic carbocycles. The van der Waals surface area contributed by atoms with E-state index in [9.17, 15) is 5.11 Å². The molecule has 1 aromatic rings. The van der Waals surface area contributed by atoms with Crippen LogP contribution in [0.5, 0.6) is 0 Å². The number of thiazole rings is 1. The Morgan fingerprint density at radius 3 is 2.53 bits per heavy atom. The third kappa shape index (κ3) is 1.79. The molecule has 0 bridgehead atoms. The third-order valence-electron chi connectivity index (χ3n) is 3.47. The van der Waals surface area contributed by atoms with Crippen molar-refractivity contribution in [1.29, 1.82) is 0 Å². The number of nitrogens with zero attached hydrogens (tertiary/aromatic N) is 1. The molecule has 1 N–H and O–H groups in total. The van der Waals surface area contributed by atoms with Gasteiger partial charge >= 0.3 is 0 Å². The van der Waals surface area contributed by atoms with Crippen LogP contribution in [0.3, 0.4) is 0 Å². The fourth-order valence-electron chi connectivity index (χ4n) is 1.72. The highest BCUT2D eigenvalue weighted by molar-refractivity contribution is 7.12. The molecule has 0 radical (unpaired) electrons. The third-order valence-corrected chi connectivity index (χ3v) is 8.18. The number of rotatable bonds is 2. The summed E-state index contributed by atoms with van der Waals surface area (Å²) in [7, 11) is -1.62. The van der Waals surface area contributed by atoms with Crippen LogP contribution >= 0.6 is 11.3 Å². The zero-order chi connectivity index (χ0) is 11.3. The van der Waals surface area contributed by atoms with E-state index in [0.29, 0.717) is 0 Å². The first-order valence-corrected chi connectivity index (χ1v) is 9.85. The quantitative estimate of drug-likeness (QED) is 0.808. The summed E-state index contributed by atoms with van der Waals surface area (Å²) in [6.45, 7) is 8.52. The monoisotopic (exact) mass is 241 g/mol. The molecule has 1 heterocycles. The fourth-order valence-corrected chi connectivity index (χ4v) is 4.59. The second-order valence-electron chi connectivity index (χ2n) is 5.56. The van der Waals surface area contributed by atoms with Gasteiger partial charge in [0.25, 0.3) is 0 Å². The highest BCUT2D eigenvalue weighted by Crippen LogP contribution is 2.37. The van der Waals surface area contributed by atoms with E-state index >= 15 is 0 Å². The van der Waals surface area contributed by atoms with E-state index in [2.05, 4.69) is 24.6 Å². The number of hydrogen-bond donors (Lipinski definition) is 1. The maximum Gasteiger partial charge on any atom is 0.121 e. The average Bonchev–Trinajstić information content (AvgIpc) is 2.57. The number of hydrogen-bond acceptors (Lipinski definition) is 3. The largest absolute Gasteiger partial charge is 0.387 e. The number of aromatic nitrogens is 1. The van der Waals surface area contributed by atoms with Gasteiger partial charge in [0.05, 0.1) is 13.8 Å². The molecule has 2 rings (SSSR count). The average molecular weight is 241 g/mol. The van der Waals surface area contributed by atoms with Crippen LogP contribution in [0.25, 0.3) is 0 Å². The SMILES string of the molecule is CC(O)(c1nc2c(s1)CCC2)[Si](C)(C)C. The minimum absolute atomic E-state index is 0.679. The molecule has 0 saturated heterocycles. The minimum atomic E-state index is -1.62. The van der Waals surface area contributed by atoms with E-state index in [1.165, 1.54) is 17.0 Å². The van der Waals surface area contributed by atoms with Gasteiger partial charge in [-0.3, -0.25) is 0 Å². The van der Waals surface area contributed by atoms with E-state index in [1.807, 2.05) is 6.92 Å². The van der Waals surface area contributed by atoms with Gasteiger partial charge in [-0.05, 0) is 26.2 Å². The molecule has 1 aliphatic rings. The smallest absolute Gasteiger partial charge is 0.121 e. The predicted octanol–water partition coefficient (Wildman–Crippen LogP) is 2.72. The first-order chi connectivity index (χ1) is 6.82. The van der Waals surface area contributed by atoms with Crippen molar-refractivity contribution in [3.63, 3.8) is 0 Å². The standard InChI is InChI=1S/C11H19NOSSi/c1-11(13,15(2,3)4)10-12-8-6-5-7-9(8)14-10/h13H,5-7H2,1-4H3. The highest BCUT2D eigenvalue weighted by atomic mass is 32.1. The molecular weight excluding hydrogens is 222 g/mol. The van der Waals surface area contributed by atoms with Gasteiger partial charge in [-0.25, -0.2) is 4.98 Å². The molecule has 1 atom stereocenters. The van der Waals surface area contributed by atoms with Gasteiger partial charge in [0.1, 0.15) is 10.2 Å². The van der Waals surface area contributed by atoms with Crippen molar-refractivity contribution in [2.24, 2.45) is 0 Å². The molecular formula is C11H19NOSSi. The molecule has 0 saturated carbocycles. The van der Waals surface area contributed by atoms with Crippen LogP contribution in [-0.4, -0.2) is 18.2 Å². The Kier molecular flexibility index (Phi) is 2.56. The zero-order valence-corrected chi connectivity index (χ0v) is 11.7. The Morgan fingerprint density at radius 2 is 2.00 bits per heavy atom. The summed E-state index contributed by atoms with van der Waals surface area (Å²) in [5.74, 6) is 0. The van der Waals surface area contributed by atoms with Gasteiger partial charge in [0.15, 0.2) is 0 Å². The Balaban J connectivity index is 2.38. The summed E-state index contributed by atoms with van der Waals surface area (Å²) < 4.78 is 0. The van der Waals surface area contributed by atoms with Crippen molar-refractivity contribution in [2.45, 2.75) is 51.1 Å². The molecule has 1 unspecified atom stereocenters. The van der Waals surface area contributed by atoms with Crippen molar-refractivity contribution in [1.82, 2.24) is 4.98 Å². The summed E-state index contributed by atoms with van der Waals surface area (Å²) in [5, 5.41) is 10.9. The molecule has 0 aromatic carbocycles. The highest BCUT2D eigenvalue weighted by Gasteiger charge is 2.42. The second-order valence-corrected chi connectivity index (χ2v) is 12.1. The normalized spacial score (nSPS) is 20.1. The van der Waals surface area contributed by atoms with Crippen LogP contribution in [-0.2, 0) is 18.1 Å². The van der Waals surface area contributed by atoms with Gasteiger partial charge < -0.3 is 5.11 Å². The van der Waals surface area contributed by atoms with E-state index in [4.69, 9.17) is 0 Å². The van der Waals surface area contributed by atoms with E-state index in [-0.39, 0.29) is 0 Å². The van der Waals surface area contributed by atoms with E-state index in [0.717, 1.165) is 17.8 Å². The van der Waals surface area contributed by atoms with Crippen molar-refractivity contribution < 1.29 is 5.11 Å². The topological polar surface area (TPSA) is 33.1 Å². The maximum absolute atomic E-state index is 10.6. The lowest BCUT2D eigenvalue weighted by atomic mass is 10.3. The summed E-state index contributed by atoms with van der Waals surface area (Å²) in [5.41, 5.74) is 1.24. The summed E-state index contributed by atoms with van der Waals surface area (Å²) >= 11 is 1.73. The van der Waals surface area contributed by atoms with E-state index in [1.54, 1.807) is 11.3 Å². The van der Waals surface area contributed by atoms with Gasteiger partial charge in [-0.2, -0.15) is 0 Å². The number of aliphatic hydroxyl groups is 1. The Morgan fingerprint density at radius 1 is 1.33 bits per heavy atom. The fraction of sp³-hybridized carbons (Fsp3) is 0.727. The lowest BCUT2D eigenvalue weighted by Crippen LogP contribution is -2.47. The van der Waals surface area contributed by atoms with Crippen molar-refractivity contribution in [3.05, 3.63) is 15.6 Å². The van der Waals surface area contributed by atoms with Crippen molar-refractivity contribution in [3.8, 4) is 0 Å². The van der Waals surface area contributed by atoms with Crippen LogP contribution < -0.4 is 0 Å². The zero-order valence-electron chi connectivity index (χ0n) is 9.92. The molecule has 2 nitrogen and oxygen atoms in total. The van der Waals surface area contributed by atoms with Crippen LogP contribution in [0.4, 0.5) is 0 Å². The Hall–Kier alpha value is -0.193. The predicted molar refractivity (Wildman–Crippen MR) is 67.1 cm³/mol. The molecule has 15 heavy (non-hydrogen) atoms. The molecule has 4 heteroatoms. The molecule has 0 spiro atoms. The minimum Gasteiger partial charge on any atom is -0.387 e. The first kappa shape index (κ1) is 11.3. The molecule has 0 aliphatic heterocycles. The van der Waals surface area contributed by atoms with Crippen LogP contribution in [0.15, 0.2) is 0 Å². The van der Waals surface area contributed by atoms with Crippen molar-refractivity contribution >= 4 is 19.4 Å².